The van der Waals surface area contributed by atoms with Gasteiger partial charge in [-0.3, -0.25) is 0 Å². The van der Waals surface area contributed by atoms with Gasteiger partial charge < -0.3 is 15.0 Å². The Morgan fingerprint density at radius 1 is 1.08 bits per heavy atom. The predicted molar refractivity (Wildman–Crippen MR) is 140 cm³/mol. The molecule has 2 saturated carbocycles. The van der Waals surface area contributed by atoms with Gasteiger partial charge in [-0.1, -0.05) is 44.7 Å². The van der Waals surface area contributed by atoms with E-state index in [1.54, 1.807) is 6.92 Å². The maximum absolute atomic E-state index is 15.8. The lowest BCUT2D eigenvalue weighted by Gasteiger charge is -2.36. The molecule has 2 fully saturated rings. The second-order valence-electron chi connectivity index (χ2n) is 11.2. The first-order chi connectivity index (χ1) is 18.1. The molecule has 2 aliphatic rings. The average molecular weight is 535 g/mol. The van der Waals surface area contributed by atoms with E-state index in [0.717, 1.165) is 56.6 Å². The molecule has 9 heteroatoms. The quantitative estimate of drug-likeness (QED) is 0.254. The van der Waals surface area contributed by atoms with Gasteiger partial charge in [-0.2, -0.15) is 17.6 Å². The molecule has 1 heterocycles. The fraction of sp³-hybridized carbons (Fsp3) is 0.621. The number of aromatic nitrogens is 2. The maximum Gasteiger partial charge on any atom is 0.416 e. The molecule has 1 aromatic carbocycles. The second kappa shape index (κ2) is 12.0. The van der Waals surface area contributed by atoms with Gasteiger partial charge in [-0.05, 0) is 68.1 Å². The fourth-order valence-corrected chi connectivity index (χ4v) is 5.61. The number of benzene rings is 1. The van der Waals surface area contributed by atoms with Crippen LogP contribution in [0.2, 0.25) is 0 Å². The zero-order chi connectivity index (χ0) is 27.3. The van der Waals surface area contributed by atoms with Crippen LogP contribution in [0, 0.1) is 17.2 Å². The first-order valence-corrected chi connectivity index (χ1v) is 13.8. The van der Waals surface area contributed by atoms with Crippen molar-refractivity contribution in [2.75, 3.05) is 16.8 Å². The van der Waals surface area contributed by atoms with Crippen LogP contribution >= 0.6 is 0 Å². The minimum Gasteiger partial charge on any atom is -0.367 e. The van der Waals surface area contributed by atoms with Gasteiger partial charge in [0.1, 0.15) is 12.1 Å². The minimum absolute atomic E-state index is 0.0777. The van der Waals surface area contributed by atoms with Gasteiger partial charge in [0, 0.05) is 25.6 Å². The van der Waals surface area contributed by atoms with Gasteiger partial charge in [0.2, 0.25) is 5.82 Å². The van der Waals surface area contributed by atoms with Crippen molar-refractivity contribution in [2.45, 2.75) is 96.8 Å². The molecule has 1 aromatic heterocycles. The molecule has 38 heavy (non-hydrogen) atoms. The average Bonchev–Trinajstić information content (AvgIpc) is 3.66. The van der Waals surface area contributed by atoms with Crippen LogP contribution in [-0.4, -0.2) is 28.3 Å². The third-order valence-corrected chi connectivity index (χ3v) is 8.01. The summed E-state index contributed by atoms with van der Waals surface area (Å²) in [5.41, 5.74) is -0.321. The van der Waals surface area contributed by atoms with Crippen LogP contribution < -0.4 is 10.2 Å². The number of nitrogens with one attached hydrogen (secondary N) is 1. The summed E-state index contributed by atoms with van der Waals surface area (Å²) in [7, 11) is 0. The van der Waals surface area contributed by atoms with E-state index < -0.39 is 17.6 Å². The van der Waals surface area contributed by atoms with Crippen LogP contribution in [0.5, 0.6) is 0 Å². The lowest BCUT2D eigenvalue weighted by molar-refractivity contribution is -0.137. The lowest BCUT2D eigenvalue weighted by Crippen LogP contribution is -2.34. The number of hydrogen-bond acceptors (Lipinski definition) is 5. The van der Waals surface area contributed by atoms with Crippen molar-refractivity contribution in [1.82, 2.24) is 9.97 Å². The molecule has 0 radical (unpaired) electrons. The molecule has 0 aliphatic heterocycles. The molecule has 1 unspecified atom stereocenters. The van der Waals surface area contributed by atoms with E-state index >= 15 is 4.39 Å². The number of halogens is 4. The molecule has 2 aliphatic carbocycles. The summed E-state index contributed by atoms with van der Waals surface area (Å²) in [6.07, 6.45) is 6.66. The van der Waals surface area contributed by atoms with Crippen LogP contribution in [0.3, 0.4) is 0 Å². The molecular weight excluding hydrogens is 496 g/mol. The second-order valence-corrected chi connectivity index (χ2v) is 11.2. The standard InChI is InChI=1S/C29H38F4N4O/c1-3-14-28(16-20(2)38,15-13-21-5-4-6-21)18-34-26-25(30)27(36-19-35-26)37(24-11-12-24)17-22-7-9-23(10-8-22)29(31,32)33/h7-10,19,21,24H,3-6,11-18H2,1-2H3,(H,34,35,36). The van der Waals surface area contributed by atoms with E-state index in [9.17, 15) is 18.0 Å². The topological polar surface area (TPSA) is 58.1 Å². The van der Waals surface area contributed by atoms with E-state index in [-0.39, 0.29) is 35.4 Å². The molecule has 0 saturated heterocycles. The third kappa shape index (κ3) is 7.23. The Kier molecular flexibility index (Phi) is 8.93. The molecule has 1 N–H and O–H groups in total. The number of carbonyl (C=O) groups is 1. The van der Waals surface area contributed by atoms with Crippen LogP contribution in [0.1, 0.15) is 89.2 Å². The van der Waals surface area contributed by atoms with Crippen molar-refractivity contribution in [3.63, 3.8) is 0 Å². The van der Waals surface area contributed by atoms with Crippen molar-refractivity contribution in [3.8, 4) is 0 Å². The van der Waals surface area contributed by atoms with Crippen LogP contribution in [0.25, 0.3) is 0 Å². The van der Waals surface area contributed by atoms with E-state index in [1.165, 1.54) is 37.7 Å². The summed E-state index contributed by atoms with van der Waals surface area (Å²) in [5, 5.41) is 3.22. The number of ketones is 1. The van der Waals surface area contributed by atoms with Gasteiger partial charge in [0.05, 0.1) is 5.56 Å². The third-order valence-electron chi connectivity index (χ3n) is 8.01. The van der Waals surface area contributed by atoms with Gasteiger partial charge in [0.25, 0.3) is 0 Å². The van der Waals surface area contributed by atoms with Crippen LogP contribution in [0.4, 0.5) is 29.2 Å². The Balaban J connectivity index is 1.51. The fourth-order valence-electron chi connectivity index (χ4n) is 5.61. The number of rotatable bonds is 14. The Labute approximate surface area is 222 Å². The van der Waals surface area contributed by atoms with E-state index in [0.29, 0.717) is 18.5 Å². The SMILES string of the molecule is CCCC(CCC1CCC1)(CNc1ncnc(N(Cc2ccc(C(F)(F)F)cc2)C2CC2)c1F)CC(C)=O. The number of anilines is 2. The maximum atomic E-state index is 15.8. The summed E-state index contributed by atoms with van der Waals surface area (Å²) in [6.45, 7) is 4.42. The van der Waals surface area contributed by atoms with Gasteiger partial charge in [0.15, 0.2) is 11.6 Å². The van der Waals surface area contributed by atoms with E-state index in [4.69, 9.17) is 0 Å². The molecule has 0 amide bonds. The van der Waals surface area contributed by atoms with Crippen molar-refractivity contribution >= 4 is 17.4 Å². The number of hydrogen-bond donors (Lipinski definition) is 1. The molecule has 0 spiro atoms. The zero-order valence-corrected chi connectivity index (χ0v) is 22.3. The molecule has 4 rings (SSSR count). The predicted octanol–water partition coefficient (Wildman–Crippen LogP) is 7.56. The molecule has 208 valence electrons. The molecule has 1 atom stereocenters. The monoisotopic (exact) mass is 534 g/mol. The van der Waals surface area contributed by atoms with Gasteiger partial charge in [-0.15, -0.1) is 0 Å². The summed E-state index contributed by atoms with van der Waals surface area (Å²) in [5.74, 6) is 0.526. The lowest BCUT2D eigenvalue weighted by atomic mass is 9.71. The summed E-state index contributed by atoms with van der Waals surface area (Å²) < 4.78 is 54.7. The summed E-state index contributed by atoms with van der Waals surface area (Å²) >= 11 is 0. The van der Waals surface area contributed by atoms with Crippen LogP contribution in [-0.2, 0) is 17.5 Å². The Morgan fingerprint density at radius 2 is 1.79 bits per heavy atom. The number of carbonyl (C=O) groups excluding carboxylic acids is 1. The first-order valence-electron chi connectivity index (χ1n) is 13.8. The molecular formula is C29H38F4N4O. The highest BCUT2D eigenvalue weighted by molar-refractivity contribution is 5.76. The number of alkyl halides is 3. The van der Waals surface area contributed by atoms with Crippen LogP contribution in [0.15, 0.2) is 30.6 Å². The van der Waals surface area contributed by atoms with Crippen molar-refractivity contribution in [1.29, 1.82) is 0 Å². The summed E-state index contributed by atoms with van der Waals surface area (Å²) in [4.78, 5) is 22.4. The highest BCUT2D eigenvalue weighted by atomic mass is 19.4. The number of nitrogens with zero attached hydrogens (tertiary/aromatic N) is 3. The molecule has 2 aromatic rings. The Morgan fingerprint density at radius 3 is 2.34 bits per heavy atom. The van der Waals surface area contributed by atoms with Crippen molar-refractivity contribution in [2.24, 2.45) is 11.3 Å². The largest absolute Gasteiger partial charge is 0.416 e. The Hall–Kier alpha value is -2.71. The smallest absolute Gasteiger partial charge is 0.367 e. The van der Waals surface area contributed by atoms with Crippen molar-refractivity contribution < 1.29 is 22.4 Å². The molecule has 5 nitrogen and oxygen atoms in total. The van der Waals surface area contributed by atoms with E-state index in [1.807, 2.05) is 4.90 Å². The van der Waals surface area contributed by atoms with E-state index in [2.05, 4.69) is 22.2 Å². The number of Topliss-reactive ketones (excluding diaryl/α,β-unsaturated/α-hetero) is 1. The van der Waals surface area contributed by atoms with Crippen molar-refractivity contribution in [3.05, 3.63) is 47.5 Å². The normalized spacial score (nSPS) is 17.5. The first kappa shape index (κ1) is 28.3. The highest BCUT2D eigenvalue weighted by Crippen LogP contribution is 2.41. The highest BCUT2D eigenvalue weighted by Gasteiger charge is 2.35. The molecule has 0 bridgehead atoms. The Bertz CT molecular complexity index is 1080. The zero-order valence-electron chi connectivity index (χ0n) is 22.3. The van der Waals surface area contributed by atoms with Gasteiger partial charge in [-0.25, -0.2) is 9.97 Å². The van der Waals surface area contributed by atoms with Gasteiger partial charge >= 0.3 is 6.18 Å². The summed E-state index contributed by atoms with van der Waals surface area (Å²) in [6, 6.07) is 5.04. The minimum atomic E-state index is -4.40.